The molecule has 1 N–H and O–H groups in total. The van der Waals surface area contributed by atoms with Crippen molar-refractivity contribution in [2.24, 2.45) is 0 Å². The summed E-state index contributed by atoms with van der Waals surface area (Å²) in [6.07, 6.45) is 0. The maximum absolute atomic E-state index is 11.4. The van der Waals surface area contributed by atoms with Gasteiger partial charge in [0.1, 0.15) is 5.76 Å². The number of nitrogens with one attached hydrogen (secondary N) is 1. The van der Waals surface area contributed by atoms with Gasteiger partial charge in [-0.1, -0.05) is 0 Å². The van der Waals surface area contributed by atoms with Crippen LogP contribution in [0, 0.1) is 0 Å². The lowest BCUT2D eigenvalue weighted by Gasteiger charge is -2.19. The highest BCUT2D eigenvalue weighted by Crippen LogP contribution is 2.30. The summed E-state index contributed by atoms with van der Waals surface area (Å²) in [5.74, 6) is 0.323. The predicted molar refractivity (Wildman–Crippen MR) is 52.9 cm³/mol. The van der Waals surface area contributed by atoms with Crippen LogP contribution in [0.3, 0.4) is 0 Å². The Kier molecular flexibility index (Phi) is 2.60. The molecule has 0 aliphatic carbocycles. The van der Waals surface area contributed by atoms with E-state index in [0.717, 1.165) is 11.3 Å². The molecular formula is C9H10BrNO3. The van der Waals surface area contributed by atoms with Crippen molar-refractivity contribution in [3.63, 3.8) is 0 Å². The van der Waals surface area contributed by atoms with Gasteiger partial charge >= 0.3 is 5.97 Å². The molecule has 1 aliphatic heterocycles. The monoisotopic (exact) mass is 259 g/mol. The molecule has 4 nitrogen and oxygen atoms in total. The van der Waals surface area contributed by atoms with Crippen molar-refractivity contribution in [2.75, 3.05) is 13.7 Å². The fourth-order valence-electron chi connectivity index (χ4n) is 1.63. The zero-order chi connectivity index (χ0) is 10.1. The van der Waals surface area contributed by atoms with Crippen LogP contribution in [0.5, 0.6) is 0 Å². The summed E-state index contributed by atoms with van der Waals surface area (Å²) < 4.78 is 10.7. The fourth-order valence-corrected chi connectivity index (χ4v) is 2.08. The van der Waals surface area contributed by atoms with Crippen LogP contribution in [0.4, 0.5) is 0 Å². The lowest BCUT2D eigenvalue weighted by Crippen LogP contribution is -2.32. The van der Waals surface area contributed by atoms with E-state index in [9.17, 15) is 4.79 Å². The Balaban J connectivity index is 2.34. The van der Waals surface area contributed by atoms with Crippen molar-refractivity contribution in [1.82, 2.24) is 5.32 Å². The Morgan fingerprint density at radius 1 is 1.79 bits per heavy atom. The quantitative estimate of drug-likeness (QED) is 0.775. The Bertz CT molecular complexity index is 361. The summed E-state index contributed by atoms with van der Waals surface area (Å²) >= 11 is 3.24. The Hall–Kier alpha value is -0.810. The average molecular weight is 260 g/mol. The van der Waals surface area contributed by atoms with E-state index >= 15 is 0 Å². The second-order valence-electron chi connectivity index (χ2n) is 3.14. The van der Waals surface area contributed by atoms with Crippen molar-refractivity contribution in [2.45, 2.75) is 12.5 Å². The molecule has 0 fully saturated rings. The molecule has 0 radical (unpaired) electrons. The zero-order valence-corrected chi connectivity index (χ0v) is 9.26. The normalized spacial score (nSPS) is 20.3. The van der Waals surface area contributed by atoms with Crippen LogP contribution in [-0.4, -0.2) is 19.6 Å². The molecule has 5 heteroatoms. The second-order valence-corrected chi connectivity index (χ2v) is 3.92. The van der Waals surface area contributed by atoms with Gasteiger partial charge in [0.05, 0.1) is 19.6 Å². The Morgan fingerprint density at radius 3 is 3.29 bits per heavy atom. The maximum Gasteiger partial charge on any atom is 0.314 e. The number of carbonyl (C=O) groups excluding carboxylic acids is 1. The molecule has 1 aromatic heterocycles. The lowest BCUT2D eigenvalue weighted by atomic mass is 9.96. The van der Waals surface area contributed by atoms with Gasteiger partial charge in [-0.15, -0.1) is 0 Å². The number of fused-ring (bicyclic) bond motifs is 1. The van der Waals surface area contributed by atoms with E-state index in [1.165, 1.54) is 7.11 Å². The van der Waals surface area contributed by atoms with Gasteiger partial charge in [0.2, 0.25) is 0 Å². The van der Waals surface area contributed by atoms with Crippen LogP contribution in [-0.2, 0) is 16.1 Å². The van der Waals surface area contributed by atoms with Gasteiger partial charge < -0.3 is 14.5 Å². The minimum Gasteiger partial charge on any atom is -0.469 e. The second kappa shape index (κ2) is 3.74. The molecule has 0 spiro atoms. The van der Waals surface area contributed by atoms with Crippen molar-refractivity contribution >= 4 is 21.9 Å². The van der Waals surface area contributed by atoms with E-state index in [2.05, 4.69) is 21.2 Å². The SMILES string of the molecule is COC(=O)C1CNCc2oc(Br)cc21. The topological polar surface area (TPSA) is 51.5 Å². The van der Waals surface area contributed by atoms with Gasteiger partial charge in [-0.2, -0.15) is 0 Å². The van der Waals surface area contributed by atoms with Gasteiger partial charge in [0, 0.05) is 12.1 Å². The molecule has 0 saturated heterocycles. The summed E-state index contributed by atoms with van der Waals surface area (Å²) in [5, 5.41) is 3.10. The molecular weight excluding hydrogens is 250 g/mol. The largest absolute Gasteiger partial charge is 0.469 e. The highest BCUT2D eigenvalue weighted by molar-refractivity contribution is 9.10. The Labute approximate surface area is 89.7 Å². The number of hydrogen-bond acceptors (Lipinski definition) is 4. The van der Waals surface area contributed by atoms with Gasteiger partial charge in [-0.3, -0.25) is 4.79 Å². The third-order valence-corrected chi connectivity index (χ3v) is 2.70. The summed E-state index contributed by atoms with van der Waals surface area (Å²) in [6, 6.07) is 1.83. The first-order chi connectivity index (χ1) is 6.72. The minimum absolute atomic E-state index is 0.230. The molecule has 2 heterocycles. The highest BCUT2D eigenvalue weighted by Gasteiger charge is 2.29. The summed E-state index contributed by atoms with van der Waals surface area (Å²) in [4.78, 5) is 11.4. The lowest BCUT2D eigenvalue weighted by molar-refractivity contribution is -0.142. The number of furan rings is 1. The molecule has 1 aromatic rings. The number of halogens is 1. The predicted octanol–water partition coefficient (Wildman–Crippen LogP) is 1.40. The van der Waals surface area contributed by atoms with E-state index < -0.39 is 0 Å². The van der Waals surface area contributed by atoms with E-state index in [1.807, 2.05) is 6.07 Å². The van der Waals surface area contributed by atoms with Crippen LogP contribution >= 0.6 is 15.9 Å². The van der Waals surface area contributed by atoms with Crippen LogP contribution in [0.25, 0.3) is 0 Å². The van der Waals surface area contributed by atoms with Crippen LogP contribution in [0.2, 0.25) is 0 Å². The molecule has 14 heavy (non-hydrogen) atoms. The molecule has 76 valence electrons. The summed E-state index contributed by atoms with van der Waals surface area (Å²) in [7, 11) is 1.39. The van der Waals surface area contributed by atoms with Crippen molar-refractivity contribution in [3.05, 3.63) is 22.1 Å². The van der Waals surface area contributed by atoms with Crippen molar-refractivity contribution in [3.8, 4) is 0 Å². The molecule has 2 rings (SSSR count). The van der Waals surface area contributed by atoms with E-state index in [1.54, 1.807) is 0 Å². The number of carbonyl (C=O) groups is 1. The number of methoxy groups -OCH3 is 1. The molecule has 0 saturated carbocycles. The standard InChI is InChI=1S/C9H10BrNO3/c1-13-9(12)6-3-11-4-7-5(6)2-8(10)14-7/h2,6,11H,3-4H2,1H3. The Morgan fingerprint density at radius 2 is 2.57 bits per heavy atom. The third-order valence-electron chi connectivity index (χ3n) is 2.31. The summed E-state index contributed by atoms with van der Waals surface area (Å²) in [6.45, 7) is 1.26. The van der Waals surface area contributed by atoms with Gasteiger partial charge in [0.25, 0.3) is 0 Å². The number of hydrogen-bond donors (Lipinski definition) is 1. The molecule has 1 unspecified atom stereocenters. The first-order valence-electron chi connectivity index (χ1n) is 4.29. The average Bonchev–Trinajstić information content (AvgIpc) is 2.56. The van der Waals surface area contributed by atoms with Gasteiger partial charge in [-0.25, -0.2) is 0 Å². The minimum atomic E-state index is -0.251. The smallest absolute Gasteiger partial charge is 0.314 e. The van der Waals surface area contributed by atoms with E-state index in [0.29, 0.717) is 17.8 Å². The van der Waals surface area contributed by atoms with Crippen molar-refractivity contribution in [1.29, 1.82) is 0 Å². The fraction of sp³-hybridized carbons (Fsp3) is 0.444. The number of rotatable bonds is 1. The molecule has 0 bridgehead atoms. The van der Waals surface area contributed by atoms with Gasteiger partial charge in [-0.05, 0) is 22.0 Å². The zero-order valence-electron chi connectivity index (χ0n) is 7.67. The van der Waals surface area contributed by atoms with Crippen LogP contribution < -0.4 is 5.32 Å². The third kappa shape index (κ3) is 1.57. The van der Waals surface area contributed by atoms with Crippen molar-refractivity contribution < 1.29 is 13.9 Å². The molecule has 0 amide bonds. The maximum atomic E-state index is 11.4. The van der Waals surface area contributed by atoms with Crippen LogP contribution in [0.15, 0.2) is 15.2 Å². The van der Waals surface area contributed by atoms with E-state index in [4.69, 9.17) is 9.15 Å². The number of ether oxygens (including phenoxy) is 1. The van der Waals surface area contributed by atoms with Gasteiger partial charge in [0.15, 0.2) is 4.67 Å². The molecule has 0 aromatic carbocycles. The highest BCUT2D eigenvalue weighted by atomic mass is 79.9. The summed E-state index contributed by atoms with van der Waals surface area (Å²) in [5.41, 5.74) is 0.919. The molecule has 1 aliphatic rings. The first kappa shape index (κ1) is 9.73. The first-order valence-corrected chi connectivity index (χ1v) is 5.08. The number of esters is 1. The van der Waals surface area contributed by atoms with E-state index in [-0.39, 0.29) is 11.9 Å². The molecule has 1 atom stereocenters. The van der Waals surface area contributed by atoms with Crippen LogP contribution in [0.1, 0.15) is 17.2 Å².